The van der Waals surface area contributed by atoms with Crippen molar-refractivity contribution in [3.05, 3.63) is 73.0 Å². The fourth-order valence-corrected chi connectivity index (χ4v) is 2.72. The van der Waals surface area contributed by atoms with Gasteiger partial charge in [0, 0.05) is 30.5 Å². The number of aromatic nitrogens is 6. The second-order valence-electron chi connectivity index (χ2n) is 5.35. The largest absolute Gasteiger partial charge is 0.348 e. The first-order chi connectivity index (χ1) is 11.3. The Balaban J connectivity index is 1.74. The molecule has 23 heavy (non-hydrogen) atoms. The number of aromatic amines is 1. The number of rotatable bonds is 4. The Labute approximate surface area is 133 Å². The molecule has 4 rings (SSSR count). The lowest BCUT2D eigenvalue weighted by molar-refractivity contribution is 0.794. The number of imidazole rings is 3. The Hall–Kier alpha value is -3.15. The number of nitrogens with zero attached hydrogens (tertiary/aromatic N) is 5. The van der Waals surface area contributed by atoms with Crippen molar-refractivity contribution in [1.29, 1.82) is 0 Å². The number of H-pyrrole nitrogens is 1. The van der Waals surface area contributed by atoms with E-state index in [4.69, 9.17) is 0 Å². The van der Waals surface area contributed by atoms with Gasteiger partial charge in [0.25, 0.3) is 0 Å². The summed E-state index contributed by atoms with van der Waals surface area (Å²) in [6, 6.07) is 8.29. The third-order valence-electron chi connectivity index (χ3n) is 3.87. The van der Waals surface area contributed by atoms with E-state index < -0.39 is 0 Å². The number of benzene rings is 1. The van der Waals surface area contributed by atoms with Gasteiger partial charge in [-0.15, -0.1) is 0 Å². The molecule has 0 aliphatic heterocycles. The molecule has 114 valence electrons. The van der Waals surface area contributed by atoms with Gasteiger partial charge < -0.3 is 14.1 Å². The molecule has 0 spiro atoms. The van der Waals surface area contributed by atoms with Crippen LogP contribution in [0.3, 0.4) is 0 Å². The highest BCUT2D eigenvalue weighted by Gasteiger charge is 2.13. The summed E-state index contributed by atoms with van der Waals surface area (Å²) in [7, 11) is 0. The highest BCUT2D eigenvalue weighted by atomic mass is 15.1. The van der Waals surface area contributed by atoms with E-state index in [2.05, 4.69) is 36.6 Å². The Morgan fingerprint density at radius 2 is 2.00 bits per heavy atom. The van der Waals surface area contributed by atoms with Gasteiger partial charge >= 0.3 is 0 Å². The van der Waals surface area contributed by atoms with Gasteiger partial charge in [-0.1, -0.05) is 18.2 Å². The molecule has 0 saturated heterocycles. The Bertz CT molecular complexity index is 916. The molecule has 0 fully saturated rings. The molecule has 6 heteroatoms. The summed E-state index contributed by atoms with van der Waals surface area (Å²) in [4.78, 5) is 16.1. The van der Waals surface area contributed by atoms with E-state index in [0.29, 0.717) is 0 Å². The van der Waals surface area contributed by atoms with Crippen LogP contribution < -0.4 is 0 Å². The van der Waals surface area contributed by atoms with E-state index in [1.54, 1.807) is 12.5 Å². The third-order valence-corrected chi connectivity index (χ3v) is 3.87. The van der Waals surface area contributed by atoms with Crippen LogP contribution in [0.15, 0.2) is 61.7 Å². The van der Waals surface area contributed by atoms with Gasteiger partial charge in [0.15, 0.2) is 5.82 Å². The second-order valence-corrected chi connectivity index (χ2v) is 5.35. The lowest BCUT2D eigenvalue weighted by Gasteiger charge is -2.12. The molecular formula is C17H16N6. The lowest BCUT2D eigenvalue weighted by atomic mass is 10.1. The second kappa shape index (κ2) is 5.57. The summed E-state index contributed by atoms with van der Waals surface area (Å²) in [6.07, 6.45) is 11.0. The van der Waals surface area contributed by atoms with Gasteiger partial charge in [-0.25, -0.2) is 15.0 Å². The first-order valence-corrected chi connectivity index (χ1v) is 7.40. The van der Waals surface area contributed by atoms with E-state index in [-0.39, 0.29) is 0 Å². The third kappa shape index (κ3) is 2.44. The monoisotopic (exact) mass is 304 g/mol. The molecule has 0 unspecified atom stereocenters. The zero-order valence-electron chi connectivity index (χ0n) is 12.7. The van der Waals surface area contributed by atoms with Crippen LogP contribution in [0.25, 0.3) is 17.2 Å². The topological polar surface area (TPSA) is 64.3 Å². The average molecular weight is 304 g/mol. The van der Waals surface area contributed by atoms with E-state index in [1.165, 1.54) is 5.56 Å². The Kier molecular flexibility index (Phi) is 3.27. The van der Waals surface area contributed by atoms with Crippen LogP contribution in [-0.4, -0.2) is 29.1 Å². The zero-order valence-corrected chi connectivity index (χ0v) is 12.7. The molecule has 0 aliphatic rings. The van der Waals surface area contributed by atoms with Crippen LogP contribution in [0.1, 0.15) is 11.3 Å². The summed E-state index contributed by atoms with van der Waals surface area (Å²) >= 11 is 0. The molecule has 0 amide bonds. The van der Waals surface area contributed by atoms with Gasteiger partial charge in [-0.3, -0.25) is 0 Å². The predicted octanol–water partition coefficient (Wildman–Crippen LogP) is 2.82. The minimum atomic E-state index is 0.718. The van der Waals surface area contributed by atoms with Crippen molar-refractivity contribution in [2.24, 2.45) is 0 Å². The first kappa shape index (κ1) is 13.5. The van der Waals surface area contributed by atoms with E-state index in [9.17, 15) is 0 Å². The number of para-hydroxylation sites is 1. The van der Waals surface area contributed by atoms with Crippen molar-refractivity contribution in [2.45, 2.75) is 13.5 Å². The fourth-order valence-electron chi connectivity index (χ4n) is 2.72. The Morgan fingerprint density at radius 1 is 1.09 bits per heavy atom. The summed E-state index contributed by atoms with van der Waals surface area (Å²) in [5.41, 5.74) is 4.21. The lowest BCUT2D eigenvalue weighted by Crippen LogP contribution is -2.05. The number of aryl methyl sites for hydroxylation is 1. The minimum Gasteiger partial charge on any atom is -0.348 e. The van der Waals surface area contributed by atoms with Gasteiger partial charge in [-0.2, -0.15) is 0 Å². The maximum atomic E-state index is 4.47. The Morgan fingerprint density at radius 3 is 2.78 bits per heavy atom. The van der Waals surface area contributed by atoms with Crippen molar-refractivity contribution in [2.75, 3.05) is 0 Å². The van der Waals surface area contributed by atoms with Gasteiger partial charge in [-0.05, 0) is 18.6 Å². The highest BCUT2D eigenvalue weighted by molar-refractivity contribution is 5.53. The minimum absolute atomic E-state index is 0.718. The molecule has 0 aliphatic carbocycles. The van der Waals surface area contributed by atoms with E-state index >= 15 is 0 Å². The van der Waals surface area contributed by atoms with Gasteiger partial charge in [0.05, 0.1) is 24.9 Å². The summed E-state index contributed by atoms with van der Waals surface area (Å²) in [6.45, 7) is 2.72. The smallest absolute Gasteiger partial charge is 0.160 e. The van der Waals surface area contributed by atoms with Crippen LogP contribution in [-0.2, 0) is 6.54 Å². The molecule has 1 aromatic carbocycles. The van der Waals surface area contributed by atoms with Crippen molar-refractivity contribution in [3.8, 4) is 17.2 Å². The molecule has 3 heterocycles. The number of nitrogens with one attached hydrogen (secondary N) is 1. The standard InChI is InChI=1S/C17H16N6/c1-13-16(21-11-20-13)17-19-7-9-22(17)10-14-4-2-3-5-15(14)23-8-6-18-12-23/h2-9,11-12H,10H2,1H3,(H,20,21). The van der Waals surface area contributed by atoms with Crippen molar-refractivity contribution >= 4 is 0 Å². The SMILES string of the molecule is Cc1[nH]cnc1-c1nccn1Cc1ccccc1-n1ccnc1. The maximum absolute atomic E-state index is 4.47. The fraction of sp³-hybridized carbons (Fsp3) is 0.118. The maximum Gasteiger partial charge on any atom is 0.160 e. The average Bonchev–Trinajstić information content (AvgIpc) is 3.29. The van der Waals surface area contributed by atoms with Crippen LogP contribution in [0.2, 0.25) is 0 Å². The molecule has 0 saturated carbocycles. The molecule has 1 N–H and O–H groups in total. The normalized spacial score (nSPS) is 11.0. The highest BCUT2D eigenvalue weighted by Crippen LogP contribution is 2.21. The quantitative estimate of drug-likeness (QED) is 0.630. The van der Waals surface area contributed by atoms with Crippen molar-refractivity contribution in [1.82, 2.24) is 29.1 Å². The van der Waals surface area contributed by atoms with Gasteiger partial charge in [0.1, 0.15) is 5.69 Å². The van der Waals surface area contributed by atoms with E-state index in [1.807, 2.05) is 48.5 Å². The molecule has 4 aromatic rings. The molecule has 0 radical (unpaired) electrons. The first-order valence-electron chi connectivity index (χ1n) is 7.40. The molecule has 0 atom stereocenters. The van der Waals surface area contributed by atoms with Crippen molar-refractivity contribution in [3.63, 3.8) is 0 Å². The molecule has 3 aromatic heterocycles. The van der Waals surface area contributed by atoms with Crippen LogP contribution in [0.4, 0.5) is 0 Å². The van der Waals surface area contributed by atoms with Gasteiger partial charge in [0.2, 0.25) is 0 Å². The van der Waals surface area contributed by atoms with Crippen LogP contribution in [0.5, 0.6) is 0 Å². The van der Waals surface area contributed by atoms with Crippen LogP contribution in [0, 0.1) is 6.92 Å². The summed E-state index contributed by atoms with van der Waals surface area (Å²) in [5, 5.41) is 0. The predicted molar refractivity (Wildman–Crippen MR) is 87.2 cm³/mol. The molecular weight excluding hydrogens is 288 g/mol. The van der Waals surface area contributed by atoms with E-state index in [0.717, 1.165) is 29.4 Å². The summed E-state index contributed by atoms with van der Waals surface area (Å²) < 4.78 is 4.13. The molecule has 0 bridgehead atoms. The molecule has 6 nitrogen and oxygen atoms in total. The zero-order chi connectivity index (χ0) is 15.6. The van der Waals surface area contributed by atoms with Crippen molar-refractivity contribution < 1.29 is 0 Å². The van der Waals surface area contributed by atoms with Crippen LogP contribution >= 0.6 is 0 Å². The number of hydrogen-bond acceptors (Lipinski definition) is 3. The number of hydrogen-bond donors (Lipinski definition) is 1. The summed E-state index contributed by atoms with van der Waals surface area (Å²) in [5.74, 6) is 0.865.